The van der Waals surface area contributed by atoms with E-state index in [4.69, 9.17) is 0 Å². The molecular formula is C13H16FN3O. The number of rotatable bonds is 2. The van der Waals surface area contributed by atoms with Crippen LogP contribution in [0.5, 0.6) is 0 Å². The molecule has 1 heterocycles. The molecule has 5 heteroatoms. The normalized spacial score (nSPS) is 15.9. The number of amides is 2. The Bertz CT molecular complexity index is 424. The van der Waals surface area contributed by atoms with Gasteiger partial charge < -0.3 is 15.5 Å². The lowest BCUT2D eigenvalue weighted by molar-refractivity contribution is 0.194. The van der Waals surface area contributed by atoms with Crippen molar-refractivity contribution in [2.45, 2.75) is 0 Å². The van der Waals surface area contributed by atoms with Crippen LogP contribution in [0.2, 0.25) is 0 Å². The van der Waals surface area contributed by atoms with Crippen molar-refractivity contribution in [2.75, 3.05) is 26.2 Å². The average Bonchev–Trinajstić information content (AvgIpc) is 2.42. The van der Waals surface area contributed by atoms with Gasteiger partial charge in [0.05, 0.1) is 0 Å². The van der Waals surface area contributed by atoms with E-state index in [-0.39, 0.29) is 11.8 Å². The van der Waals surface area contributed by atoms with Crippen LogP contribution in [0, 0.1) is 5.82 Å². The molecule has 1 aromatic carbocycles. The topological polar surface area (TPSA) is 44.4 Å². The van der Waals surface area contributed by atoms with Gasteiger partial charge in [-0.05, 0) is 23.8 Å². The Hall–Kier alpha value is -1.88. The molecule has 96 valence electrons. The minimum absolute atomic E-state index is 0.102. The minimum Gasteiger partial charge on any atom is -0.322 e. The number of piperazine rings is 1. The summed E-state index contributed by atoms with van der Waals surface area (Å²) >= 11 is 0. The predicted molar refractivity (Wildman–Crippen MR) is 68.4 cm³/mol. The molecular weight excluding hydrogens is 233 g/mol. The fourth-order valence-corrected chi connectivity index (χ4v) is 1.74. The average molecular weight is 249 g/mol. The zero-order valence-corrected chi connectivity index (χ0v) is 10.0. The van der Waals surface area contributed by atoms with Crippen LogP contribution in [-0.2, 0) is 0 Å². The van der Waals surface area contributed by atoms with Crippen molar-refractivity contribution in [1.29, 1.82) is 0 Å². The second-order valence-electron chi connectivity index (χ2n) is 4.07. The molecule has 1 aromatic rings. The standard InChI is InChI=1S/C13H16FN3O/c14-12-3-1-11(2-4-12)5-6-16-13(18)17-9-7-15-8-10-17/h1-6,15H,7-10H2,(H,16,18)/b6-5+. The number of benzene rings is 1. The van der Waals surface area contributed by atoms with E-state index in [9.17, 15) is 9.18 Å². The quantitative estimate of drug-likeness (QED) is 0.832. The molecule has 1 aliphatic rings. The summed E-state index contributed by atoms with van der Waals surface area (Å²) in [6.07, 6.45) is 3.32. The highest BCUT2D eigenvalue weighted by Crippen LogP contribution is 2.04. The Morgan fingerprint density at radius 2 is 1.94 bits per heavy atom. The maximum atomic E-state index is 12.7. The number of carbonyl (C=O) groups is 1. The molecule has 0 aliphatic carbocycles. The summed E-state index contributed by atoms with van der Waals surface area (Å²) in [5, 5.41) is 5.88. The van der Waals surface area contributed by atoms with Gasteiger partial charge in [-0.25, -0.2) is 9.18 Å². The Morgan fingerprint density at radius 1 is 1.28 bits per heavy atom. The van der Waals surface area contributed by atoms with E-state index < -0.39 is 0 Å². The first-order valence-electron chi connectivity index (χ1n) is 5.94. The van der Waals surface area contributed by atoms with Crippen molar-refractivity contribution < 1.29 is 9.18 Å². The zero-order valence-electron chi connectivity index (χ0n) is 10.0. The molecule has 0 saturated carbocycles. The van der Waals surface area contributed by atoms with E-state index in [2.05, 4.69) is 10.6 Å². The first-order chi connectivity index (χ1) is 8.75. The summed E-state index contributed by atoms with van der Waals surface area (Å²) in [6.45, 7) is 3.09. The van der Waals surface area contributed by atoms with Gasteiger partial charge in [0.1, 0.15) is 5.82 Å². The Balaban J connectivity index is 1.83. The summed E-state index contributed by atoms with van der Waals surface area (Å²) in [6, 6.07) is 5.98. The first kappa shape index (κ1) is 12.6. The molecule has 0 unspecified atom stereocenters. The molecule has 0 spiro atoms. The molecule has 1 aliphatic heterocycles. The van der Waals surface area contributed by atoms with Crippen molar-refractivity contribution in [3.05, 3.63) is 41.8 Å². The number of carbonyl (C=O) groups excluding carboxylic acids is 1. The Labute approximate surface area is 105 Å². The monoisotopic (exact) mass is 249 g/mol. The lowest BCUT2D eigenvalue weighted by Crippen LogP contribution is -2.49. The predicted octanol–water partition coefficient (Wildman–Crippen LogP) is 1.41. The van der Waals surface area contributed by atoms with Crippen LogP contribution in [0.15, 0.2) is 30.5 Å². The molecule has 0 atom stereocenters. The van der Waals surface area contributed by atoms with Gasteiger partial charge in [0.15, 0.2) is 0 Å². The lowest BCUT2D eigenvalue weighted by Gasteiger charge is -2.26. The molecule has 2 rings (SSSR count). The van der Waals surface area contributed by atoms with Crippen LogP contribution in [0.1, 0.15) is 5.56 Å². The third kappa shape index (κ3) is 3.56. The largest absolute Gasteiger partial charge is 0.322 e. The molecule has 2 amide bonds. The number of urea groups is 1. The Kier molecular flexibility index (Phi) is 4.30. The third-order valence-electron chi connectivity index (χ3n) is 2.76. The van der Waals surface area contributed by atoms with Crippen LogP contribution in [0.3, 0.4) is 0 Å². The van der Waals surface area contributed by atoms with Crippen LogP contribution >= 0.6 is 0 Å². The van der Waals surface area contributed by atoms with Gasteiger partial charge in [0.25, 0.3) is 0 Å². The maximum Gasteiger partial charge on any atom is 0.321 e. The SMILES string of the molecule is O=C(N/C=C/c1ccc(F)cc1)N1CCNCC1. The van der Waals surface area contributed by atoms with Crippen molar-refractivity contribution in [3.8, 4) is 0 Å². The molecule has 1 fully saturated rings. The van der Waals surface area contributed by atoms with Gasteiger partial charge >= 0.3 is 6.03 Å². The third-order valence-corrected chi connectivity index (χ3v) is 2.76. The van der Waals surface area contributed by atoms with E-state index in [0.717, 1.165) is 31.7 Å². The van der Waals surface area contributed by atoms with Crippen molar-refractivity contribution in [2.24, 2.45) is 0 Å². The molecule has 18 heavy (non-hydrogen) atoms. The van der Waals surface area contributed by atoms with E-state index in [0.29, 0.717) is 0 Å². The van der Waals surface area contributed by atoms with Gasteiger partial charge in [0, 0.05) is 32.4 Å². The molecule has 4 nitrogen and oxygen atoms in total. The second kappa shape index (κ2) is 6.16. The fraction of sp³-hybridized carbons (Fsp3) is 0.308. The highest BCUT2D eigenvalue weighted by Gasteiger charge is 2.14. The van der Waals surface area contributed by atoms with Gasteiger partial charge in [-0.1, -0.05) is 12.1 Å². The number of nitrogens with one attached hydrogen (secondary N) is 2. The molecule has 0 radical (unpaired) electrons. The summed E-state index contributed by atoms with van der Waals surface area (Å²) < 4.78 is 12.7. The van der Waals surface area contributed by atoms with Crippen LogP contribution in [0.25, 0.3) is 6.08 Å². The van der Waals surface area contributed by atoms with Gasteiger partial charge in [0.2, 0.25) is 0 Å². The van der Waals surface area contributed by atoms with Crippen LogP contribution in [-0.4, -0.2) is 37.1 Å². The highest BCUT2D eigenvalue weighted by atomic mass is 19.1. The number of hydrogen-bond donors (Lipinski definition) is 2. The number of halogens is 1. The van der Waals surface area contributed by atoms with Gasteiger partial charge in [-0.3, -0.25) is 0 Å². The van der Waals surface area contributed by atoms with E-state index in [1.165, 1.54) is 12.1 Å². The van der Waals surface area contributed by atoms with Crippen molar-refractivity contribution >= 4 is 12.1 Å². The smallest absolute Gasteiger partial charge is 0.321 e. The van der Waals surface area contributed by atoms with Gasteiger partial charge in [-0.15, -0.1) is 0 Å². The van der Waals surface area contributed by atoms with E-state index in [1.54, 1.807) is 29.3 Å². The van der Waals surface area contributed by atoms with Crippen molar-refractivity contribution in [1.82, 2.24) is 15.5 Å². The number of hydrogen-bond acceptors (Lipinski definition) is 2. The number of nitrogens with zero attached hydrogens (tertiary/aromatic N) is 1. The summed E-state index contributed by atoms with van der Waals surface area (Å²) in [7, 11) is 0. The second-order valence-corrected chi connectivity index (χ2v) is 4.07. The van der Waals surface area contributed by atoms with Crippen LogP contribution in [0.4, 0.5) is 9.18 Å². The van der Waals surface area contributed by atoms with E-state index in [1.807, 2.05) is 0 Å². The summed E-state index contributed by atoms with van der Waals surface area (Å²) in [5.74, 6) is -0.267. The summed E-state index contributed by atoms with van der Waals surface area (Å²) in [4.78, 5) is 13.5. The summed E-state index contributed by atoms with van der Waals surface area (Å²) in [5.41, 5.74) is 0.844. The van der Waals surface area contributed by atoms with Crippen LogP contribution < -0.4 is 10.6 Å². The first-order valence-corrected chi connectivity index (χ1v) is 5.94. The maximum absolute atomic E-state index is 12.7. The Morgan fingerprint density at radius 3 is 2.61 bits per heavy atom. The minimum atomic E-state index is -0.267. The highest BCUT2D eigenvalue weighted by molar-refractivity contribution is 5.76. The van der Waals surface area contributed by atoms with E-state index >= 15 is 0 Å². The molecule has 0 aromatic heterocycles. The van der Waals surface area contributed by atoms with Gasteiger partial charge in [-0.2, -0.15) is 0 Å². The molecule has 2 N–H and O–H groups in total. The zero-order chi connectivity index (χ0) is 12.8. The lowest BCUT2D eigenvalue weighted by atomic mass is 10.2. The molecule has 0 bridgehead atoms. The molecule has 1 saturated heterocycles. The fourth-order valence-electron chi connectivity index (χ4n) is 1.74. The van der Waals surface area contributed by atoms with Crippen molar-refractivity contribution in [3.63, 3.8) is 0 Å².